The third-order valence-electron chi connectivity index (χ3n) is 3.79. The van der Waals surface area contributed by atoms with E-state index in [1.807, 2.05) is 6.92 Å². The minimum atomic E-state index is -0.255. The minimum Gasteiger partial charge on any atom is -0.331 e. The van der Waals surface area contributed by atoms with Crippen LogP contribution < -0.4 is 5.56 Å². The first-order chi connectivity index (χ1) is 12.5. The summed E-state index contributed by atoms with van der Waals surface area (Å²) in [5.41, 5.74) is 0.720. The summed E-state index contributed by atoms with van der Waals surface area (Å²) in [5, 5.41) is 0.964. The monoisotopic (exact) mass is 434 g/mol. The molecule has 0 bridgehead atoms. The number of hydrogen-bond acceptors (Lipinski definition) is 4. The van der Waals surface area contributed by atoms with E-state index in [0.29, 0.717) is 33.9 Å². The van der Waals surface area contributed by atoms with Crippen LogP contribution >= 0.6 is 27.5 Å². The normalized spacial score (nSPS) is 10.9. The first-order valence-electron chi connectivity index (χ1n) is 8.06. The standard InChI is InChI=1S/C18H16BrClN4O2/c1-2-5-24(18(26)11-6-12(19)9-21-8-11)10-16-22-15-7-13(20)3-4-14(15)17(25)23-16/h3-4,6-9H,2,5,10H2,1H3,(H,22,23,25). The molecule has 0 atom stereocenters. The molecule has 0 radical (unpaired) electrons. The van der Waals surface area contributed by atoms with Crippen molar-refractivity contribution in [2.45, 2.75) is 19.9 Å². The fourth-order valence-electron chi connectivity index (χ4n) is 2.65. The van der Waals surface area contributed by atoms with Crippen LogP contribution in [0, 0.1) is 0 Å². The molecule has 0 fully saturated rings. The number of halogens is 2. The molecule has 1 N–H and O–H groups in total. The topological polar surface area (TPSA) is 79.0 Å². The van der Waals surface area contributed by atoms with Gasteiger partial charge in [0.2, 0.25) is 0 Å². The summed E-state index contributed by atoms with van der Waals surface area (Å²) in [5.74, 6) is 0.240. The molecule has 0 unspecified atom stereocenters. The van der Waals surface area contributed by atoms with Gasteiger partial charge in [-0.1, -0.05) is 18.5 Å². The Balaban J connectivity index is 1.94. The maximum Gasteiger partial charge on any atom is 0.258 e. The Labute approximate surface area is 163 Å². The van der Waals surface area contributed by atoms with E-state index in [1.165, 1.54) is 6.20 Å². The highest BCUT2D eigenvalue weighted by atomic mass is 79.9. The van der Waals surface area contributed by atoms with Crippen molar-refractivity contribution in [1.82, 2.24) is 19.9 Å². The van der Waals surface area contributed by atoms with Gasteiger partial charge in [0.25, 0.3) is 11.5 Å². The van der Waals surface area contributed by atoms with E-state index in [2.05, 4.69) is 30.9 Å². The third-order valence-corrected chi connectivity index (χ3v) is 4.46. The van der Waals surface area contributed by atoms with Gasteiger partial charge in [0.15, 0.2) is 0 Å². The minimum absolute atomic E-state index is 0.172. The molecule has 3 rings (SSSR count). The van der Waals surface area contributed by atoms with Gasteiger partial charge >= 0.3 is 0 Å². The third kappa shape index (κ3) is 4.11. The smallest absolute Gasteiger partial charge is 0.258 e. The summed E-state index contributed by atoms with van der Waals surface area (Å²) >= 11 is 9.32. The second-order valence-electron chi connectivity index (χ2n) is 5.79. The zero-order valence-electron chi connectivity index (χ0n) is 14.0. The Bertz CT molecular complexity index is 1020. The van der Waals surface area contributed by atoms with Gasteiger partial charge in [-0.25, -0.2) is 4.98 Å². The lowest BCUT2D eigenvalue weighted by Crippen LogP contribution is -2.33. The Morgan fingerprint density at radius 2 is 2.12 bits per heavy atom. The fourth-order valence-corrected chi connectivity index (χ4v) is 3.18. The quantitative estimate of drug-likeness (QED) is 0.661. The van der Waals surface area contributed by atoms with Crippen LogP contribution in [-0.4, -0.2) is 32.3 Å². The lowest BCUT2D eigenvalue weighted by Gasteiger charge is -2.21. The molecule has 8 heteroatoms. The second-order valence-corrected chi connectivity index (χ2v) is 7.14. The van der Waals surface area contributed by atoms with E-state index in [0.717, 1.165) is 10.9 Å². The van der Waals surface area contributed by atoms with E-state index in [-0.39, 0.29) is 18.0 Å². The summed E-state index contributed by atoms with van der Waals surface area (Å²) in [6.45, 7) is 2.70. The Hall–Kier alpha value is -2.25. The maximum atomic E-state index is 12.8. The van der Waals surface area contributed by atoms with E-state index in [4.69, 9.17) is 11.6 Å². The molecule has 6 nitrogen and oxygen atoms in total. The number of amides is 1. The lowest BCUT2D eigenvalue weighted by molar-refractivity contribution is 0.0738. The van der Waals surface area contributed by atoms with Gasteiger partial charge < -0.3 is 9.88 Å². The van der Waals surface area contributed by atoms with Crippen molar-refractivity contribution < 1.29 is 4.79 Å². The number of fused-ring (bicyclic) bond motifs is 1. The van der Waals surface area contributed by atoms with Crippen molar-refractivity contribution in [3.8, 4) is 0 Å². The predicted octanol–water partition coefficient (Wildman–Crippen LogP) is 3.79. The van der Waals surface area contributed by atoms with Crippen LogP contribution in [0.5, 0.6) is 0 Å². The van der Waals surface area contributed by atoms with Crippen LogP contribution in [0.1, 0.15) is 29.5 Å². The van der Waals surface area contributed by atoms with Gasteiger partial charge in [0.05, 0.1) is 23.0 Å². The molecule has 0 aliphatic carbocycles. The van der Waals surface area contributed by atoms with Crippen molar-refractivity contribution in [3.63, 3.8) is 0 Å². The van der Waals surface area contributed by atoms with Gasteiger partial charge in [-0.05, 0) is 46.6 Å². The number of hydrogen-bond donors (Lipinski definition) is 1. The van der Waals surface area contributed by atoms with Crippen LogP contribution in [0.25, 0.3) is 10.9 Å². The van der Waals surface area contributed by atoms with Crippen molar-refractivity contribution in [1.29, 1.82) is 0 Å². The molecule has 1 amide bonds. The molecular formula is C18H16BrClN4O2. The van der Waals surface area contributed by atoms with Crippen LogP contribution in [0.15, 0.2) is 45.9 Å². The summed E-state index contributed by atoms with van der Waals surface area (Å²) < 4.78 is 0.728. The molecule has 134 valence electrons. The van der Waals surface area contributed by atoms with Crippen LogP contribution in [0.2, 0.25) is 5.02 Å². The highest BCUT2D eigenvalue weighted by Gasteiger charge is 2.18. The van der Waals surface area contributed by atoms with Gasteiger partial charge in [-0.15, -0.1) is 0 Å². The second kappa shape index (κ2) is 7.97. The molecule has 0 saturated heterocycles. The lowest BCUT2D eigenvalue weighted by atomic mass is 10.2. The number of pyridine rings is 1. The Morgan fingerprint density at radius 1 is 1.31 bits per heavy atom. The van der Waals surface area contributed by atoms with Crippen molar-refractivity contribution in [3.05, 3.63) is 67.9 Å². The SMILES string of the molecule is CCCN(Cc1nc2cc(Cl)ccc2c(=O)[nH]1)C(=O)c1cncc(Br)c1. The Morgan fingerprint density at radius 3 is 2.85 bits per heavy atom. The van der Waals surface area contributed by atoms with Crippen LogP contribution in [0.3, 0.4) is 0 Å². The number of rotatable bonds is 5. The number of nitrogens with zero attached hydrogens (tertiary/aromatic N) is 3. The molecule has 0 aliphatic heterocycles. The first kappa shape index (κ1) is 18.5. The number of aromatic amines is 1. The maximum absolute atomic E-state index is 12.8. The zero-order valence-corrected chi connectivity index (χ0v) is 16.3. The van der Waals surface area contributed by atoms with Crippen LogP contribution in [0.4, 0.5) is 0 Å². The molecule has 1 aromatic carbocycles. The van der Waals surface area contributed by atoms with Crippen LogP contribution in [-0.2, 0) is 6.54 Å². The summed E-state index contributed by atoms with van der Waals surface area (Å²) in [6.07, 6.45) is 3.91. The number of aromatic nitrogens is 3. The Kier molecular flexibility index (Phi) is 5.68. The fraction of sp³-hybridized carbons (Fsp3) is 0.222. The van der Waals surface area contributed by atoms with E-state index in [9.17, 15) is 9.59 Å². The van der Waals surface area contributed by atoms with Crippen molar-refractivity contribution in [2.75, 3.05) is 6.54 Å². The van der Waals surface area contributed by atoms with Crippen molar-refractivity contribution in [2.24, 2.45) is 0 Å². The van der Waals surface area contributed by atoms with E-state index >= 15 is 0 Å². The summed E-state index contributed by atoms with van der Waals surface area (Å²) in [7, 11) is 0. The number of H-pyrrole nitrogens is 1. The molecule has 3 aromatic rings. The molecule has 2 heterocycles. The highest BCUT2D eigenvalue weighted by Crippen LogP contribution is 2.16. The van der Waals surface area contributed by atoms with Gasteiger partial charge in [-0.2, -0.15) is 0 Å². The molecule has 0 spiro atoms. The number of carbonyl (C=O) groups is 1. The average Bonchev–Trinajstić information content (AvgIpc) is 2.60. The average molecular weight is 436 g/mol. The number of carbonyl (C=O) groups excluding carboxylic acids is 1. The molecular weight excluding hydrogens is 420 g/mol. The van der Waals surface area contributed by atoms with Crippen molar-refractivity contribution >= 4 is 44.3 Å². The van der Waals surface area contributed by atoms with E-state index in [1.54, 1.807) is 35.4 Å². The van der Waals surface area contributed by atoms with Gasteiger partial charge in [0, 0.05) is 28.4 Å². The summed E-state index contributed by atoms with van der Waals surface area (Å²) in [4.78, 5) is 38.0. The number of nitrogens with one attached hydrogen (secondary N) is 1. The van der Waals surface area contributed by atoms with E-state index < -0.39 is 0 Å². The number of benzene rings is 1. The first-order valence-corrected chi connectivity index (χ1v) is 9.23. The molecule has 2 aromatic heterocycles. The summed E-state index contributed by atoms with van der Waals surface area (Å²) in [6, 6.07) is 6.64. The largest absolute Gasteiger partial charge is 0.331 e. The molecule has 0 saturated carbocycles. The molecule has 26 heavy (non-hydrogen) atoms. The predicted molar refractivity (Wildman–Crippen MR) is 104 cm³/mol. The van der Waals surface area contributed by atoms with Gasteiger partial charge in [0.1, 0.15) is 5.82 Å². The zero-order chi connectivity index (χ0) is 18.7. The highest BCUT2D eigenvalue weighted by molar-refractivity contribution is 9.10. The molecule has 0 aliphatic rings. The van der Waals surface area contributed by atoms with Gasteiger partial charge in [-0.3, -0.25) is 14.6 Å².